The number of carbonyl (C=O) groups excluding carboxylic acids is 3. The largest absolute Gasteiger partial charge is 0.457 e. The molecule has 4 rings (SSSR count). The number of hydrogen-bond acceptors (Lipinski definition) is 5. The maximum Gasteiger partial charge on any atom is 0.253 e. The van der Waals surface area contributed by atoms with Gasteiger partial charge < -0.3 is 4.74 Å². The average Bonchev–Trinajstić information content (AvgIpc) is 3.07. The van der Waals surface area contributed by atoms with E-state index in [-0.39, 0.29) is 24.7 Å². The Morgan fingerprint density at radius 3 is 2.16 bits per heavy atom. The van der Waals surface area contributed by atoms with Gasteiger partial charge in [0, 0.05) is 0 Å². The van der Waals surface area contributed by atoms with Gasteiger partial charge in [-0.05, 0) is 42.0 Å². The Balaban J connectivity index is 1.35. The third-order valence-electron chi connectivity index (χ3n) is 4.81. The molecule has 3 amide bonds. The van der Waals surface area contributed by atoms with Crippen LogP contribution in [0, 0.1) is 0 Å². The van der Waals surface area contributed by atoms with Gasteiger partial charge in [-0.25, -0.2) is 10.3 Å². The Labute approximate surface area is 179 Å². The van der Waals surface area contributed by atoms with E-state index in [1.54, 1.807) is 24.3 Å². The highest BCUT2D eigenvalue weighted by molar-refractivity contribution is 6.22. The van der Waals surface area contributed by atoms with E-state index in [1.165, 1.54) is 0 Å². The summed E-state index contributed by atoms with van der Waals surface area (Å²) in [5.74, 6) is 0.251. The zero-order chi connectivity index (χ0) is 21.6. The van der Waals surface area contributed by atoms with Crippen molar-refractivity contribution in [1.82, 2.24) is 10.9 Å². The van der Waals surface area contributed by atoms with Crippen molar-refractivity contribution in [2.24, 2.45) is 0 Å². The van der Waals surface area contributed by atoms with Gasteiger partial charge >= 0.3 is 0 Å². The normalized spacial score (nSPS) is 15.7. The number of anilines is 1. The van der Waals surface area contributed by atoms with Crippen LogP contribution in [0.4, 0.5) is 5.69 Å². The molecule has 3 aromatic carbocycles. The predicted octanol–water partition coefficient (Wildman–Crippen LogP) is 2.97. The van der Waals surface area contributed by atoms with Crippen molar-refractivity contribution in [3.8, 4) is 11.5 Å². The highest BCUT2D eigenvalue weighted by Gasteiger charge is 2.39. The number of nitrogens with zero attached hydrogens (tertiary/aromatic N) is 1. The second-order valence-corrected chi connectivity index (χ2v) is 7.09. The molecule has 156 valence electrons. The van der Waals surface area contributed by atoms with Gasteiger partial charge in [-0.3, -0.25) is 19.8 Å². The SMILES string of the molecule is O=C(Cc1ccccc1)NN[C@@H]1CC(=O)N(c2ccc(Oc3ccccc3)cc2)C1=O. The molecule has 7 heteroatoms. The molecule has 7 nitrogen and oxygen atoms in total. The van der Waals surface area contributed by atoms with Gasteiger partial charge in [-0.15, -0.1) is 0 Å². The number of imide groups is 1. The van der Waals surface area contributed by atoms with Crippen molar-refractivity contribution in [1.29, 1.82) is 0 Å². The zero-order valence-electron chi connectivity index (χ0n) is 16.7. The van der Waals surface area contributed by atoms with E-state index in [4.69, 9.17) is 4.74 Å². The van der Waals surface area contributed by atoms with E-state index >= 15 is 0 Å². The molecule has 1 saturated heterocycles. The number of nitrogens with one attached hydrogen (secondary N) is 2. The van der Waals surface area contributed by atoms with E-state index in [2.05, 4.69) is 10.9 Å². The molecule has 0 radical (unpaired) electrons. The molecule has 0 aliphatic carbocycles. The lowest BCUT2D eigenvalue weighted by molar-refractivity contribution is -0.122. The fourth-order valence-electron chi connectivity index (χ4n) is 3.30. The van der Waals surface area contributed by atoms with Crippen molar-refractivity contribution in [2.45, 2.75) is 18.9 Å². The van der Waals surface area contributed by atoms with Crippen LogP contribution in [0.15, 0.2) is 84.9 Å². The van der Waals surface area contributed by atoms with E-state index in [1.807, 2.05) is 60.7 Å². The zero-order valence-corrected chi connectivity index (χ0v) is 16.7. The molecule has 0 bridgehead atoms. The first-order valence-electron chi connectivity index (χ1n) is 9.88. The summed E-state index contributed by atoms with van der Waals surface area (Å²) in [4.78, 5) is 38.4. The first-order valence-corrected chi connectivity index (χ1v) is 9.88. The van der Waals surface area contributed by atoms with E-state index in [0.29, 0.717) is 17.2 Å². The standard InChI is InChI=1S/C24H21N3O4/c28-22(15-17-7-3-1-4-8-17)26-25-21-16-23(29)27(24(21)30)18-11-13-20(14-12-18)31-19-9-5-2-6-10-19/h1-14,21,25H,15-16H2,(H,26,28)/t21-/m1/s1. The highest BCUT2D eigenvalue weighted by Crippen LogP contribution is 2.27. The summed E-state index contributed by atoms with van der Waals surface area (Å²) in [6.45, 7) is 0. The summed E-state index contributed by atoms with van der Waals surface area (Å²) >= 11 is 0. The molecule has 3 aromatic rings. The number of para-hydroxylation sites is 1. The molecule has 1 aliphatic heterocycles. The molecule has 0 aromatic heterocycles. The molecule has 0 spiro atoms. The maximum atomic E-state index is 12.7. The smallest absolute Gasteiger partial charge is 0.253 e. The van der Waals surface area contributed by atoms with E-state index < -0.39 is 11.9 Å². The Hall–Kier alpha value is -3.97. The molecule has 0 unspecified atom stereocenters. The van der Waals surface area contributed by atoms with Crippen LogP contribution in [-0.2, 0) is 20.8 Å². The maximum absolute atomic E-state index is 12.7. The number of carbonyl (C=O) groups is 3. The molecule has 2 N–H and O–H groups in total. The summed E-state index contributed by atoms with van der Waals surface area (Å²) < 4.78 is 5.74. The van der Waals surface area contributed by atoms with Crippen molar-refractivity contribution < 1.29 is 19.1 Å². The third kappa shape index (κ3) is 4.96. The van der Waals surface area contributed by atoms with E-state index in [0.717, 1.165) is 10.5 Å². The lowest BCUT2D eigenvalue weighted by atomic mass is 10.1. The topological polar surface area (TPSA) is 87.7 Å². The Kier molecular flexibility index (Phi) is 6.05. The van der Waals surface area contributed by atoms with Crippen LogP contribution < -0.4 is 20.5 Å². The number of amides is 3. The van der Waals surface area contributed by atoms with Gasteiger partial charge in [-0.2, -0.15) is 0 Å². The van der Waals surface area contributed by atoms with Crippen molar-refractivity contribution >= 4 is 23.4 Å². The molecule has 1 aliphatic rings. The summed E-state index contributed by atoms with van der Waals surface area (Å²) in [6, 6.07) is 24.5. The van der Waals surface area contributed by atoms with Gasteiger partial charge in [0.1, 0.15) is 17.5 Å². The van der Waals surface area contributed by atoms with Crippen molar-refractivity contribution in [3.63, 3.8) is 0 Å². The van der Waals surface area contributed by atoms with Crippen LogP contribution in [0.3, 0.4) is 0 Å². The highest BCUT2D eigenvalue weighted by atomic mass is 16.5. The average molecular weight is 415 g/mol. The summed E-state index contributed by atoms with van der Waals surface area (Å²) in [7, 11) is 0. The van der Waals surface area contributed by atoms with Crippen LogP contribution in [-0.4, -0.2) is 23.8 Å². The first-order chi connectivity index (χ1) is 15.1. The van der Waals surface area contributed by atoms with Crippen LogP contribution in [0.1, 0.15) is 12.0 Å². The predicted molar refractivity (Wildman–Crippen MR) is 115 cm³/mol. The van der Waals surface area contributed by atoms with Gasteiger partial charge in [-0.1, -0.05) is 48.5 Å². The molecule has 31 heavy (non-hydrogen) atoms. The molecule has 1 heterocycles. The Morgan fingerprint density at radius 2 is 1.48 bits per heavy atom. The summed E-state index contributed by atoms with van der Waals surface area (Å²) in [5, 5.41) is 0. The second kappa shape index (κ2) is 9.23. The summed E-state index contributed by atoms with van der Waals surface area (Å²) in [5.41, 5.74) is 6.52. The van der Waals surface area contributed by atoms with Crippen LogP contribution >= 0.6 is 0 Å². The first kappa shape index (κ1) is 20.3. The molecular formula is C24H21N3O4. The summed E-state index contributed by atoms with van der Waals surface area (Å²) in [6.07, 6.45) is 0.141. The number of ether oxygens (including phenoxy) is 1. The minimum absolute atomic E-state index is 0.0350. The van der Waals surface area contributed by atoms with Gasteiger partial charge in [0.2, 0.25) is 11.8 Å². The number of rotatable bonds is 7. The van der Waals surface area contributed by atoms with E-state index in [9.17, 15) is 14.4 Å². The Bertz CT molecular complexity index is 1070. The van der Waals surface area contributed by atoms with Crippen molar-refractivity contribution in [3.05, 3.63) is 90.5 Å². The van der Waals surface area contributed by atoms with Crippen LogP contribution in [0.25, 0.3) is 0 Å². The quantitative estimate of drug-likeness (QED) is 0.458. The minimum Gasteiger partial charge on any atom is -0.457 e. The number of hydrogen-bond donors (Lipinski definition) is 2. The number of hydrazine groups is 1. The number of benzene rings is 3. The van der Waals surface area contributed by atoms with Crippen LogP contribution in [0.2, 0.25) is 0 Å². The monoisotopic (exact) mass is 415 g/mol. The van der Waals surface area contributed by atoms with Gasteiger partial charge in [0.25, 0.3) is 5.91 Å². The molecule has 1 atom stereocenters. The fourth-order valence-corrected chi connectivity index (χ4v) is 3.30. The minimum atomic E-state index is -0.813. The molecular weight excluding hydrogens is 394 g/mol. The van der Waals surface area contributed by atoms with Crippen LogP contribution in [0.5, 0.6) is 11.5 Å². The lowest BCUT2D eigenvalue weighted by Gasteiger charge is -2.16. The van der Waals surface area contributed by atoms with Crippen molar-refractivity contribution in [2.75, 3.05) is 4.90 Å². The third-order valence-corrected chi connectivity index (χ3v) is 4.81. The fraction of sp³-hybridized carbons (Fsp3) is 0.125. The lowest BCUT2D eigenvalue weighted by Crippen LogP contribution is -2.48. The van der Waals surface area contributed by atoms with Gasteiger partial charge in [0.05, 0.1) is 18.5 Å². The molecule has 0 saturated carbocycles. The molecule has 1 fully saturated rings. The van der Waals surface area contributed by atoms with Gasteiger partial charge in [0.15, 0.2) is 0 Å². The Morgan fingerprint density at radius 1 is 0.871 bits per heavy atom. The second-order valence-electron chi connectivity index (χ2n) is 7.09.